The van der Waals surface area contributed by atoms with Crippen LogP contribution in [-0.2, 0) is 16.1 Å². The number of ether oxygens (including phenoxy) is 1. The Morgan fingerprint density at radius 2 is 2.08 bits per heavy atom. The molecule has 1 aromatic carbocycles. The Bertz CT molecular complexity index is 870. The standard InChI is InChI=1S/C17H15BrN2O4/c1-10(16(21)19-9-11-5-4-8-23-11)24-17(22)15-14(18)12-6-2-3-7-13(12)20-15/h2-8,10,20H,9H2,1H3,(H,19,21). The molecular weight excluding hydrogens is 376 g/mol. The summed E-state index contributed by atoms with van der Waals surface area (Å²) in [7, 11) is 0. The first-order valence-corrected chi connectivity index (χ1v) is 8.13. The summed E-state index contributed by atoms with van der Waals surface area (Å²) in [5, 5.41) is 3.53. The van der Waals surface area contributed by atoms with Gasteiger partial charge >= 0.3 is 5.97 Å². The van der Waals surface area contributed by atoms with Gasteiger partial charge in [-0.15, -0.1) is 0 Å². The highest BCUT2D eigenvalue weighted by molar-refractivity contribution is 9.10. The molecule has 2 aromatic heterocycles. The highest BCUT2D eigenvalue weighted by atomic mass is 79.9. The third-order valence-electron chi connectivity index (χ3n) is 3.52. The molecule has 1 atom stereocenters. The molecule has 0 radical (unpaired) electrons. The number of carbonyl (C=O) groups is 2. The van der Waals surface area contributed by atoms with Crippen molar-refractivity contribution in [2.75, 3.05) is 0 Å². The van der Waals surface area contributed by atoms with Crippen LogP contribution >= 0.6 is 15.9 Å². The second-order valence-electron chi connectivity index (χ2n) is 5.20. The summed E-state index contributed by atoms with van der Waals surface area (Å²) < 4.78 is 11.0. The van der Waals surface area contributed by atoms with Crippen molar-refractivity contribution in [3.63, 3.8) is 0 Å². The molecule has 0 aliphatic carbocycles. The first-order valence-electron chi connectivity index (χ1n) is 7.33. The van der Waals surface area contributed by atoms with Crippen LogP contribution in [0.25, 0.3) is 10.9 Å². The van der Waals surface area contributed by atoms with Gasteiger partial charge in [0.1, 0.15) is 11.5 Å². The van der Waals surface area contributed by atoms with Gasteiger partial charge < -0.3 is 19.5 Å². The fraction of sp³-hybridized carbons (Fsp3) is 0.176. The first-order chi connectivity index (χ1) is 11.6. The number of benzene rings is 1. The van der Waals surface area contributed by atoms with E-state index in [0.717, 1.165) is 10.9 Å². The van der Waals surface area contributed by atoms with Gasteiger partial charge in [-0.1, -0.05) is 18.2 Å². The molecule has 2 heterocycles. The molecule has 24 heavy (non-hydrogen) atoms. The van der Waals surface area contributed by atoms with Gasteiger partial charge in [0, 0.05) is 10.9 Å². The average molecular weight is 391 g/mol. The minimum Gasteiger partial charge on any atom is -0.467 e. The van der Waals surface area contributed by atoms with Gasteiger partial charge in [0.05, 0.1) is 17.3 Å². The number of carbonyl (C=O) groups excluding carboxylic acids is 2. The van der Waals surface area contributed by atoms with Crippen molar-refractivity contribution in [3.8, 4) is 0 Å². The van der Waals surface area contributed by atoms with Crippen molar-refractivity contribution in [1.82, 2.24) is 10.3 Å². The molecule has 7 heteroatoms. The molecule has 2 N–H and O–H groups in total. The van der Waals surface area contributed by atoms with E-state index in [2.05, 4.69) is 26.2 Å². The van der Waals surface area contributed by atoms with Crippen molar-refractivity contribution < 1.29 is 18.7 Å². The van der Waals surface area contributed by atoms with Crippen LogP contribution in [0.5, 0.6) is 0 Å². The predicted molar refractivity (Wildman–Crippen MR) is 91.4 cm³/mol. The van der Waals surface area contributed by atoms with Crippen LogP contribution in [0.4, 0.5) is 0 Å². The molecule has 1 amide bonds. The summed E-state index contributed by atoms with van der Waals surface area (Å²) in [6, 6.07) is 11.0. The summed E-state index contributed by atoms with van der Waals surface area (Å²) in [5.41, 5.74) is 1.09. The Labute approximate surface area is 146 Å². The highest BCUT2D eigenvalue weighted by Gasteiger charge is 2.22. The minimum absolute atomic E-state index is 0.240. The van der Waals surface area contributed by atoms with Crippen LogP contribution in [0.3, 0.4) is 0 Å². The minimum atomic E-state index is -0.925. The van der Waals surface area contributed by atoms with E-state index in [4.69, 9.17) is 9.15 Å². The summed E-state index contributed by atoms with van der Waals surface area (Å²) in [4.78, 5) is 27.3. The van der Waals surface area contributed by atoms with Crippen LogP contribution in [0.1, 0.15) is 23.2 Å². The number of nitrogens with one attached hydrogen (secondary N) is 2. The van der Waals surface area contributed by atoms with E-state index in [-0.39, 0.29) is 12.2 Å². The summed E-state index contributed by atoms with van der Waals surface area (Å²) in [5.74, 6) is -0.369. The lowest BCUT2D eigenvalue weighted by atomic mass is 10.2. The Morgan fingerprint density at radius 1 is 1.29 bits per heavy atom. The van der Waals surface area contributed by atoms with Crippen LogP contribution in [0.2, 0.25) is 0 Å². The lowest BCUT2D eigenvalue weighted by Gasteiger charge is -2.12. The lowest BCUT2D eigenvalue weighted by molar-refractivity contribution is -0.129. The maximum atomic E-state index is 12.3. The van der Waals surface area contributed by atoms with Gasteiger partial charge in [0.25, 0.3) is 5.91 Å². The normalized spacial score (nSPS) is 12.1. The molecule has 6 nitrogen and oxygen atoms in total. The third kappa shape index (κ3) is 3.35. The molecule has 3 aromatic rings. The number of hydrogen-bond acceptors (Lipinski definition) is 4. The average Bonchev–Trinajstić information content (AvgIpc) is 3.21. The zero-order valence-corrected chi connectivity index (χ0v) is 14.4. The number of hydrogen-bond donors (Lipinski definition) is 2. The monoisotopic (exact) mass is 390 g/mol. The van der Waals surface area contributed by atoms with Gasteiger partial charge in [-0.2, -0.15) is 0 Å². The Kier molecular flexibility index (Phi) is 4.71. The highest BCUT2D eigenvalue weighted by Crippen LogP contribution is 2.28. The van der Waals surface area contributed by atoms with Gasteiger partial charge in [-0.3, -0.25) is 4.79 Å². The molecular formula is C17H15BrN2O4. The van der Waals surface area contributed by atoms with E-state index in [1.54, 1.807) is 12.1 Å². The molecule has 0 aliphatic heterocycles. The van der Waals surface area contributed by atoms with Gasteiger partial charge in [-0.25, -0.2) is 4.79 Å². The van der Waals surface area contributed by atoms with E-state index < -0.39 is 18.0 Å². The van der Waals surface area contributed by atoms with Crippen LogP contribution in [0.15, 0.2) is 51.6 Å². The maximum Gasteiger partial charge on any atom is 0.356 e. The second kappa shape index (κ2) is 6.92. The van der Waals surface area contributed by atoms with Crippen LogP contribution < -0.4 is 5.32 Å². The number of rotatable bonds is 5. The molecule has 124 valence electrons. The van der Waals surface area contributed by atoms with E-state index in [1.807, 2.05) is 24.3 Å². The SMILES string of the molecule is CC(OC(=O)c1[nH]c2ccccc2c1Br)C(=O)NCc1ccco1. The van der Waals surface area contributed by atoms with Gasteiger partial charge in [-0.05, 0) is 41.1 Å². The van der Waals surface area contributed by atoms with Gasteiger partial charge in [0.2, 0.25) is 0 Å². The lowest BCUT2D eigenvalue weighted by Crippen LogP contribution is -2.35. The second-order valence-corrected chi connectivity index (χ2v) is 6.00. The van der Waals surface area contributed by atoms with E-state index in [1.165, 1.54) is 13.2 Å². The molecule has 0 spiro atoms. The number of fused-ring (bicyclic) bond motifs is 1. The van der Waals surface area contributed by atoms with Crippen molar-refractivity contribution in [3.05, 3.63) is 58.6 Å². The third-order valence-corrected chi connectivity index (χ3v) is 4.34. The Morgan fingerprint density at radius 3 is 2.79 bits per heavy atom. The van der Waals surface area contributed by atoms with E-state index in [9.17, 15) is 9.59 Å². The zero-order chi connectivity index (χ0) is 17.1. The molecule has 0 aliphatic rings. The molecule has 1 unspecified atom stereocenters. The summed E-state index contributed by atoms with van der Waals surface area (Å²) >= 11 is 3.39. The van der Waals surface area contributed by atoms with Crippen LogP contribution in [-0.4, -0.2) is 23.0 Å². The number of halogens is 1. The van der Waals surface area contributed by atoms with Crippen molar-refractivity contribution in [2.24, 2.45) is 0 Å². The molecule has 0 bridgehead atoms. The van der Waals surface area contributed by atoms with Crippen LogP contribution in [0, 0.1) is 0 Å². The van der Waals surface area contributed by atoms with E-state index in [0.29, 0.717) is 10.2 Å². The topological polar surface area (TPSA) is 84.3 Å². The smallest absolute Gasteiger partial charge is 0.356 e. The van der Waals surface area contributed by atoms with Crippen molar-refractivity contribution >= 4 is 38.7 Å². The Balaban J connectivity index is 1.64. The predicted octanol–water partition coefficient (Wildman–Crippen LogP) is 3.39. The molecule has 0 fully saturated rings. The molecule has 0 saturated carbocycles. The fourth-order valence-electron chi connectivity index (χ4n) is 2.25. The van der Waals surface area contributed by atoms with E-state index >= 15 is 0 Å². The maximum absolute atomic E-state index is 12.3. The Hall–Kier alpha value is -2.54. The summed E-state index contributed by atoms with van der Waals surface area (Å²) in [6.07, 6.45) is 0.601. The number of H-pyrrole nitrogens is 1. The van der Waals surface area contributed by atoms with Gasteiger partial charge in [0.15, 0.2) is 6.10 Å². The number of para-hydroxylation sites is 1. The first kappa shape index (κ1) is 16.3. The summed E-state index contributed by atoms with van der Waals surface area (Å²) in [6.45, 7) is 1.76. The largest absolute Gasteiger partial charge is 0.467 e. The quantitative estimate of drug-likeness (QED) is 0.653. The molecule has 3 rings (SSSR count). The number of esters is 1. The number of furan rings is 1. The number of amides is 1. The fourth-order valence-corrected chi connectivity index (χ4v) is 2.86. The van der Waals surface area contributed by atoms with Crippen molar-refractivity contribution in [1.29, 1.82) is 0 Å². The zero-order valence-electron chi connectivity index (χ0n) is 12.8. The van der Waals surface area contributed by atoms with Crippen molar-refractivity contribution in [2.45, 2.75) is 19.6 Å². The number of aromatic amines is 1. The number of aromatic nitrogens is 1. The molecule has 0 saturated heterocycles.